The van der Waals surface area contributed by atoms with Gasteiger partial charge in [0.15, 0.2) is 11.5 Å². The summed E-state index contributed by atoms with van der Waals surface area (Å²) in [6, 6.07) is 5.57. The molecular weight excluding hydrogens is 368 g/mol. The summed E-state index contributed by atoms with van der Waals surface area (Å²) in [5, 5.41) is 0. The lowest BCUT2D eigenvalue weighted by Crippen LogP contribution is -2.51. The Hall–Kier alpha value is -2.24. The van der Waals surface area contributed by atoms with Gasteiger partial charge in [-0.2, -0.15) is 0 Å². The van der Waals surface area contributed by atoms with E-state index in [1.54, 1.807) is 14.2 Å². The first-order chi connectivity index (χ1) is 14.1. The predicted octanol–water partition coefficient (Wildman–Crippen LogP) is 3.28. The van der Waals surface area contributed by atoms with Crippen LogP contribution in [0.3, 0.4) is 0 Å². The van der Waals surface area contributed by atoms with Gasteiger partial charge in [-0.15, -0.1) is 0 Å². The highest BCUT2D eigenvalue weighted by Crippen LogP contribution is 2.28. The fourth-order valence-corrected chi connectivity index (χ4v) is 4.44. The molecule has 0 spiro atoms. The predicted molar refractivity (Wildman–Crippen MR) is 112 cm³/mol. The molecule has 6 nitrogen and oxygen atoms in total. The van der Waals surface area contributed by atoms with Gasteiger partial charge >= 0.3 is 0 Å². The van der Waals surface area contributed by atoms with Crippen LogP contribution in [0.5, 0.6) is 11.5 Å². The van der Waals surface area contributed by atoms with E-state index in [2.05, 4.69) is 0 Å². The topological polar surface area (TPSA) is 59.1 Å². The third-order valence-electron chi connectivity index (χ3n) is 6.28. The number of piperazine rings is 1. The van der Waals surface area contributed by atoms with Crippen molar-refractivity contribution in [3.8, 4) is 11.5 Å². The number of carbonyl (C=O) groups is 2. The van der Waals surface area contributed by atoms with Crippen molar-refractivity contribution in [1.82, 2.24) is 9.80 Å². The molecule has 0 radical (unpaired) electrons. The van der Waals surface area contributed by atoms with Crippen molar-refractivity contribution in [2.24, 2.45) is 5.92 Å². The van der Waals surface area contributed by atoms with Crippen LogP contribution in [0.2, 0.25) is 0 Å². The number of hydrogen-bond acceptors (Lipinski definition) is 4. The van der Waals surface area contributed by atoms with Gasteiger partial charge in [-0.25, -0.2) is 0 Å². The van der Waals surface area contributed by atoms with Gasteiger partial charge in [-0.3, -0.25) is 9.59 Å². The molecule has 1 aliphatic carbocycles. The molecule has 0 unspecified atom stereocenters. The minimum Gasteiger partial charge on any atom is -0.493 e. The van der Waals surface area contributed by atoms with Crippen molar-refractivity contribution >= 4 is 11.8 Å². The molecule has 1 aromatic carbocycles. The molecule has 2 aliphatic rings. The Bertz CT molecular complexity index is 692. The Kier molecular flexibility index (Phi) is 7.78. The second-order valence-corrected chi connectivity index (χ2v) is 8.17. The first-order valence-electron chi connectivity index (χ1n) is 10.9. The van der Waals surface area contributed by atoms with Crippen LogP contribution in [-0.2, 0) is 16.0 Å². The van der Waals surface area contributed by atoms with E-state index in [0.29, 0.717) is 50.5 Å². The quantitative estimate of drug-likeness (QED) is 0.702. The zero-order chi connectivity index (χ0) is 20.6. The second kappa shape index (κ2) is 10.5. The molecule has 1 heterocycles. The maximum atomic E-state index is 12.7. The summed E-state index contributed by atoms with van der Waals surface area (Å²) in [5.41, 5.74) is 0.902. The second-order valence-electron chi connectivity index (χ2n) is 8.17. The normalized spacial score (nSPS) is 17.9. The highest BCUT2D eigenvalue weighted by atomic mass is 16.5. The molecule has 1 saturated heterocycles. The fraction of sp³-hybridized carbons (Fsp3) is 0.652. The van der Waals surface area contributed by atoms with Crippen LogP contribution in [0.1, 0.15) is 50.5 Å². The number of amides is 2. The maximum absolute atomic E-state index is 12.7. The largest absolute Gasteiger partial charge is 0.493 e. The number of carbonyl (C=O) groups excluding carboxylic acids is 2. The number of methoxy groups -OCH3 is 2. The smallest absolute Gasteiger partial charge is 0.227 e. The maximum Gasteiger partial charge on any atom is 0.227 e. The van der Waals surface area contributed by atoms with E-state index in [1.165, 1.54) is 32.1 Å². The Balaban J connectivity index is 1.43. The molecule has 1 aliphatic heterocycles. The minimum atomic E-state index is 0.0894. The third kappa shape index (κ3) is 5.87. The van der Waals surface area contributed by atoms with E-state index in [-0.39, 0.29) is 11.8 Å². The van der Waals surface area contributed by atoms with Crippen LogP contribution in [0.4, 0.5) is 0 Å². The third-order valence-corrected chi connectivity index (χ3v) is 6.28. The van der Waals surface area contributed by atoms with Gasteiger partial charge in [0.2, 0.25) is 11.8 Å². The lowest BCUT2D eigenvalue weighted by molar-refractivity contribution is -0.139. The number of benzene rings is 1. The van der Waals surface area contributed by atoms with Crippen molar-refractivity contribution in [1.29, 1.82) is 0 Å². The molecule has 3 rings (SSSR count). The molecule has 29 heavy (non-hydrogen) atoms. The van der Waals surface area contributed by atoms with Gasteiger partial charge in [0.25, 0.3) is 0 Å². The molecular formula is C23H34N2O4. The highest BCUT2D eigenvalue weighted by molar-refractivity contribution is 5.80. The van der Waals surface area contributed by atoms with Crippen molar-refractivity contribution < 1.29 is 19.1 Å². The number of rotatable bonds is 7. The summed E-state index contributed by atoms with van der Waals surface area (Å²) >= 11 is 0. The molecule has 1 aromatic rings. The molecule has 0 atom stereocenters. The van der Waals surface area contributed by atoms with Crippen LogP contribution in [0, 0.1) is 5.92 Å². The monoisotopic (exact) mass is 402 g/mol. The standard InChI is InChI=1S/C23H34N2O4/c1-28-20-10-8-19(16-21(20)29-2)17-23(27)25-14-12-24(13-15-25)22(26)11-9-18-6-4-3-5-7-18/h8,10,16,18H,3-7,9,11-15,17H2,1-2H3. The van der Waals surface area contributed by atoms with E-state index >= 15 is 0 Å². The molecule has 6 heteroatoms. The van der Waals surface area contributed by atoms with Gasteiger partial charge in [-0.05, 0) is 30.0 Å². The van der Waals surface area contributed by atoms with Gasteiger partial charge in [0.1, 0.15) is 0 Å². The number of ether oxygens (including phenoxy) is 2. The number of nitrogens with zero attached hydrogens (tertiary/aromatic N) is 2. The Morgan fingerprint density at radius 2 is 1.52 bits per heavy atom. The van der Waals surface area contributed by atoms with E-state index in [0.717, 1.165) is 17.9 Å². The highest BCUT2D eigenvalue weighted by Gasteiger charge is 2.25. The summed E-state index contributed by atoms with van der Waals surface area (Å²) in [5.74, 6) is 2.36. The van der Waals surface area contributed by atoms with Crippen LogP contribution in [-0.4, -0.2) is 62.0 Å². The van der Waals surface area contributed by atoms with Crippen molar-refractivity contribution in [3.05, 3.63) is 23.8 Å². The van der Waals surface area contributed by atoms with Gasteiger partial charge < -0.3 is 19.3 Å². The summed E-state index contributed by atoms with van der Waals surface area (Å²) in [6.07, 6.45) is 8.57. The van der Waals surface area contributed by atoms with E-state index in [4.69, 9.17) is 9.47 Å². The van der Waals surface area contributed by atoms with Gasteiger partial charge in [0, 0.05) is 32.6 Å². The Labute approximate surface area is 174 Å². The summed E-state index contributed by atoms with van der Waals surface area (Å²) in [7, 11) is 3.19. The molecule has 0 N–H and O–H groups in total. The summed E-state index contributed by atoms with van der Waals surface area (Å²) in [6.45, 7) is 2.50. The molecule has 2 fully saturated rings. The molecule has 160 valence electrons. The first kappa shape index (κ1) is 21.5. The van der Waals surface area contributed by atoms with Crippen molar-refractivity contribution in [2.75, 3.05) is 40.4 Å². The van der Waals surface area contributed by atoms with Crippen LogP contribution in [0.25, 0.3) is 0 Å². The molecule has 2 amide bonds. The summed E-state index contributed by atoms with van der Waals surface area (Å²) < 4.78 is 10.6. The fourth-order valence-electron chi connectivity index (χ4n) is 4.44. The number of hydrogen-bond donors (Lipinski definition) is 0. The zero-order valence-corrected chi connectivity index (χ0v) is 17.8. The Morgan fingerprint density at radius 1 is 0.897 bits per heavy atom. The lowest BCUT2D eigenvalue weighted by Gasteiger charge is -2.35. The zero-order valence-electron chi connectivity index (χ0n) is 17.8. The lowest BCUT2D eigenvalue weighted by atomic mass is 9.86. The molecule has 1 saturated carbocycles. The van der Waals surface area contributed by atoms with Crippen LogP contribution in [0.15, 0.2) is 18.2 Å². The van der Waals surface area contributed by atoms with Crippen molar-refractivity contribution in [3.63, 3.8) is 0 Å². The van der Waals surface area contributed by atoms with Gasteiger partial charge in [0.05, 0.1) is 20.6 Å². The first-order valence-corrected chi connectivity index (χ1v) is 10.9. The average Bonchev–Trinajstić information content (AvgIpc) is 2.78. The van der Waals surface area contributed by atoms with Crippen LogP contribution >= 0.6 is 0 Å². The van der Waals surface area contributed by atoms with Gasteiger partial charge in [-0.1, -0.05) is 38.2 Å². The molecule has 0 bridgehead atoms. The summed E-state index contributed by atoms with van der Waals surface area (Å²) in [4.78, 5) is 29.0. The SMILES string of the molecule is COc1ccc(CC(=O)N2CCN(C(=O)CCC3CCCCC3)CC2)cc1OC. The molecule has 0 aromatic heterocycles. The Morgan fingerprint density at radius 3 is 2.14 bits per heavy atom. The van der Waals surface area contributed by atoms with Crippen molar-refractivity contribution in [2.45, 2.75) is 51.4 Å². The van der Waals surface area contributed by atoms with E-state index in [1.807, 2.05) is 28.0 Å². The van der Waals surface area contributed by atoms with E-state index in [9.17, 15) is 9.59 Å². The van der Waals surface area contributed by atoms with E-state index < -0.39 is 0 Å². The average molecular weight is 403 g/mol. The minimum absolute atomic E-state index is 0.0894. The van der Waals surface area contributed by atoms with Crippen LogP contribution < -0.4 is 9.47 Å².